The second-order valence-corrected chi connectivity index (χ2v) is 10.3. The van der Waals surface area contributed by atoms with Crippen LogP contribution in [0.1, 0.15) is 35.6 Å². The molecule has 2 heterocycles. The third kappa shape index (κ3) is 4.36. The molecule has 150 valence electrons. The zero-order valence-corrected chi connectivity index (χ0v) is 20.0. The normalized spacial score (nSPS) is 11.0. The molecule has 0 aliphatic carbocycles. The van der Waals surface area contributed by atoms with Gasteiger partial charge in [0, 0.05) is 10.8 Å². The van der Waals surface area contributed by atoms with Crippen LogP contribution in [0.2, 0.25) is 5.02 Å². The van der Waals surface area contributed by atoms with Gasteiger partial charge in [0.15, 0.2) is 5.69 Å². The molecule has 0 bridgehead atoms. The van der Waals surface area contributed by atoms with Crippen LogP contribution >= 0.6 is 50.6 Å². The average Bonchev–Trinajstić information content (AvgIpc) is 3.22. The van der Waals surface area contributed by atoms with Gasteiger partial charge in [-0.2, -0.15) is 15.0 Å². The quantitative estimate of drug-likeness (QED) is 0.314. The van der Waals surface area contributed by atoms with Crippen LogP contribution in [-0.4, -0.2) is 33.1 Å². The predicted molar refractivity (Wildman–Crippen MR) is 119 cm³/mol. The number of rotatable bonds is 5. The summed E-state index contributed by atoms with van der Waals surface area (Å²) < 4.78 is 7.93. The van der Waals surface area contributed by atoms with E-state index in [0.29, 0.717) is 31.1 Å². The Bertz CT molecular complexity index is 1130. The number of ether oxygens (including phenoxy) is 1. The number of hydrogen-bond acceptors (Lipinski definition) is 7. The second-order valence-electron chi connectivity index (χ2n) is 6.26. The van der Waals surface area contributed by atoms with E-state index in [0.717, 1.165) is 15.5 Å². The molecule has 2 aromatic heterocycles. The molecule has 0 spiro atoms. The van der Waals surface area contributed by atoms with Crippen molar-refractivity contribution in [1.82, 2.24) is 14.8 Å². The zero-order valence-electron chi connectivity index (χ0n) is 16.0. The molecule has 0 saturated carbocycles. The number of esters is 1. The molecule has 0 atom stereocenters. The number of nitrogens with zero attached hydrogens (tertiary/aromatic N) is 4. The Morgan fingerprint density at radius 3 is 2.79 bits per heavy atom. The highest BCUT2D eigenvalue weighted by Gasteiger charge is 2.25. The minimum Gasteiger partial charge on any atom is -0.464 e. The van der Waals surface area contributed by atoms with Crippen molar-refractivity contribution in [2.45, 2.75) is 30.2 Å². The van der Waals surface area contributed by atoms with E-state index in [-0.39, 0.29) is 5.69 Å². The van der Waals surface area contributed by atoms with Crippen LogP contribution in [0.15, 0.2) is 26.9 Å². The van der Waals surface area contributed by atoms with E-state index in [1.54, 1.807) is 30.8 Å². The lowest BCUT2D eigenvalue weighted by Gasteiger charge is -2.05. The van der Waals surface area contributed by atoms with Crippen LogP contribution in [-0.2, 0) is 4.74 Å². The fourth-order valence-electron chi connectivity index (χ4n) is 2.54. The number of nitriles is 1. The van der Waals surface area contributed by atoms with Gasteiger partial charge in [-0.15, -0.1) is 11.8 Å². The molecule has 0 aliphatic rings. The summed E-state index contributed by atoms with van der Waals surface area (Å²) in [7, 11) is 1.33. The lowest BCUT2D eigenvalue weighted by molar-refractivity contribution is 0.0589. The number of aryl methyl sites for hydroxylation is 1. The van der Waals surface area contributed by atoms with E-state index in [1.165, 1.54) is 23.1 Å². The Balaban J connectivity index is 2.21. The van der Waals surface area contributed by atoms with Crippen molar-refractivity contribution in [3.05, 3.63) is 44.6 Å². The highest BCUT2D eigenvalue weighted by molar-refractivity contribution is 9.10. The van der Waals surface area contributed by atoms with E-state index in [1.807, 2.05) is 6.07 Å². The smallest absolute Gasteiger partial charge is 0.358 e. The number of methoxy groups -OCH3 is 1. The lowest BCUT2D eigenvalue weighted by Crippen LogP contribution is -2.10. The van der Waals surface area contributed by atoms with Crippen LogP contribution in [0.5, 0.6) is 0 Å². The topological polar surface area (TPSA) is 80.8 Å². The molecule has 1 aromatic carbocycles. The third-order valence-corrected chi connectivity index (χ3v) is 7.36. The Morgan fingerprint density at radius 2 is 2.17 bits per heavy atom. The molecular formula is C19H16BrClN4O2S2. The molecule has 0 fully saturated rings. The maximum atomic E-state index is 12.3. The van der Waals surface area contributed by atoms with E-state index in [2.05, 4.69) is 40.9 Å². The summed E-state index contributed by atoms with van der Waals surface area (Å²) in [5, 5.41) is 15.0. The first-order valence-corrected chi connectivity index (χ1v) is 11.3. The maximum absolute atomic E-state index is 12.3. The van der Waals surface area contributed by atoms with Crippen molar-refractivity contribution in [3.63, 3.8) is 0 Å². The number of thiazole rings is 1. The summed E-state index contributed by atoms with van der Waals surface area (Å²) in [4.78, 5) is 17.1. The van der Waals surface area contributed by atoms with Gasteiger partial charge in [0.1, 0.15) is 6.07 Å². The predicted octanol–water partition coefficient (Wildman–Crippen LogP) is 5.88. The van der Waals surface area contributed by atoms with Crippen LogP contribution in [0, 0.1) is 18.3 Å². The molecular weight excluding hydrogens is 496 g/mol. The minimum atomic E-state index is -0.509. The third-order valence-electron chi connectivity index (χ3n) is 3.84. The van der Waals surface area contributed by atoms with Crippen molar-refractivity contribution in [2.75, 3.05) is 7.11 Å². The summed E-state index contributed by atoms with van der Waals surface area (Å²) in [6, 6.07) is 7.34. The van der Waals surface area contributed by atoms with E-state index >= 15 is 0 Å². The molecule has 0 N–H and O–H groups in total. The standard InChI is InChI=1S/C19H16BrClN4O2S2/c1-9(2)28-18-15(11-5-6-13(21)12(7-11)8-22)23-19(29-18)25-16(17(26)27-4)14(20)10(3)24-25/h5-7,9H,1-4H3. The van der Waals surface area contributed by atoms with Crippen molar-refractivity contribution in [2.24, 2.45) is 0 Å². The van der Waals surface area contributed by atoms with Crippen LogP contribution < -0.4 is 0 Å². The van der Waals surface area contributed by atoms with Crippen molar-refractivity contribution in [3.8, 4) is 22.5 Å². The van der Waals surface area contributed by atoms with Crippen LogP contribution in [0.4, 0.5) is 0 Å². The zero-order chi connectivity index (χ0) is 21.3. The van der Waals surface area contributed by atoms with Gasteiger partial charge in [-0.05, 0) is 35.0 Å². The Labute approximate surface area is 190 Å². The van der Waals surface area contributed by atoms with Gasteiger partial charge in [-0.25, -0.2) is 9.78 Å². The highest BCUT2D eigenvalue weighted by atomic mass is 79.9. The second kappa shape index (κ2) is 8.88. The van der Waals surface area contributed by atoms with Crippen LogP contribution in [0.25, 0.3) is 16.4 Å². The molecule has 0 saturated heterocycles. The summed E-state index contributed by atoms with van der Waals surface area (Å²) in [5.74, 6) is -0.509. The van der Waals surface area contributed by atoms with Gasteiger partial charge in [-0.1, -0.05) is 42.9 Å². The molecule has 10 heteroatoms. The number of hydrogen-bond donors (Lipinski definition) is 0. The summed E-state index contributed by atoms with van der Waals surface area (Å²) in [6.07, 6.45) is 0. The highest BCUT2D eigenvalue weighted by Crippen LogP contribution is 2.41. The number of benzene rings is 1. The summed E-state index contributed by atoms with van der Waals surface area (Å²) in [5.41, 5.74) is 2.81. The monoisotopic (exact) mass is 510 g/mol. The largest absolute Gasteiger partial charge is 0.464 e. The molecule has 0 unspecified atom stereocenters. The Hall–Kier alpha value is -1.86. The Kier molecular flexibility index (Phi) is 6.69. The van der Waals surface area contributed by atoms with Crippen LogP contribution in [0.3, 0.4) is 0 Å². The number of carbonyl (C=O) groups is 1. The number of carbonyl (C=O) groups excluding carboxylic acids is 1. The van der Waals surface area contributed by atoms with E-state index in [4.69, 9.17) is 21.3 Å². The molecule has 29 heavy (non-hydrogen) atoms. The number of aromatic nitrogens is 3. The van der Waals surface area contributed by atoms with Crippen molar-refractivity contribution >= 4 is 56.6 Å². The number of halogens is 2. The van der Waals surface area contributed by atoms with Gasteiger partial charge in [-0.3, -0.25) is 0 Å². The molecule has 0 amide bonds. The minimum absolute atomic E-state index is 0.278. The number of thioether (sulfide) groups is 1. The van der Waals surface area contributed by atoms with Gasteiger partial charge in [0.2, 0.25) is 5.13 Å². The fraction of sp³-hybridized carbons (Fsp3) is 0.263. The SMILES string of the molecule is COC(=O)c1c(Br)c(C)nn1-c1nc(-c2ccc(Cl)c(C#N)c2)c(SC(C)C)s1. The van der Waals surface area contributed by atoms with Gasteiger partial charge in [0.25, 0.3) is 0 Å². The first-order chi connectivity index (χ1) is 13.8. The van der Waals surface area contributed by atoms with Gasteiger partial charge >= 0.3 is 5.97 Å². The first-order valence-electron chi connectivity index (χ1n) is 8.48. The first kappa shape index (κ1) is 21.8. The van der Waals surface area contributed by atoms with Crippen molar-refractivity contribution in [1.29, 1.82) is 5.26 Å². The molecule has 3 rings (SSSR count). The fourth-order valence-corrected chi connectivity index (χ4v) is 5.59. The van der Waals surface area contributed by atoms with Gasteiger partial charge in [0.05, 0.1) is 37.8 Å². The lowest BCUT2D eigenvalue weighted by atomic mass is 10.1. The molecule has 0 radical (unpaired) electrons. The Morgan fingerprint density at radius 1 is 1.45 bits per heavy atom. The maximum Gasteiger partial charge on any atom is 0.358 e. The molecule has 0 aliphatic heterocycles. The molecule has 6 nitrogen and oxygen atoms in total. The summed E-state index contributed by atoms with van der Waals surface area (Å²) >= 11 is 12.6. The molecule has 3 aromatic rings. The van der Waals surface area contributed by atoms with E-state index < -0.39 is 5.97 Å². The average molecular weight is 512 g/mol. The summed E-state index contributed by atoms with van der Waals surface area (Å²) in [6.45, 7) is 5.97. The van der Waals surface area contributed by atoms with E-state index in [9.17, 15) is 10.1 Å². The van der Waals surface area contributed by atoms with Crippen molar-refractivity contribution < 1.29 is 9.53 Å². The van der Waals surface area contributed by atoms with Gasteiger partial charge < -0.3 is 4.74 Å².